The van der Waals surface area contributed by atoms with E-state index in [4.69, 9.17) is 23.7 Å². The summed E-state index contributed by atoms with van der Waals surface area (Å²) in [6.45, 7) is -2.34. The average molecular weight is 504 g/mol. The molecule has 0 aliphatic carbocycles. The van der Waals surface area contributed by atoms with Gasteiger partial charge >= 0.3 is 0 Å². The van der Waals surface area contributed by atoms with Crippen LogP contribution in [0.4, 0.5) is 0 Å². The van der Waals surface area contributed by atoms with Gasteiger partial charge in [0.15, 0.2) is 18.9 Å². The molecule has 0 amide bonds. The lowest BCUT2D eigenvalue weighted by Gasteiger charge is -2.48. The summed E-state index contributed by atoms with van der Waals surface area (Å²) in [5.74, 6) is 0. The number of rotatable bonds is 7. The van der Waals surface area contributed by atoms with Crippen molar-refractivity contribution in [1.82, 2.24) is 0 Å². The van der Waals surface area contributed by atoms with Crippen LogP contribution in [0.25, 0.3) is 0 Å². The number of aliphatic hydroxyl groups is 11. The molecule has 0 bridgehead atoms. The first-order valence-electron chi connectivity index (χ1n) is 10.6. The first-order chi connectivity index (χ1) is 16.0. The highest BCUT2D eigenvalue weighted by atomic mass is 16.8. The fourth-order valence-corrected chi connectivity index (χ4v) is 4.03. The zero-order valence-electron chi connectivity index (χ0n) is 17.7. The van der Waals surface area contributed by atoms with Crippen molar-refractivity contribution in [3.8, 4) is 0 Å². The highest BCUT2D eigenvalue weighted by Crippen LogP contribution is 2.32. The predicted octanol–water partition coefficient (Wildman–Crippen LogP) is -7.57. The molecule has 0 unspecified atom stereocenters. The monoisotopic (exact) mass is 504 g/mol. The summed E-state index contributed by atoms with van der Waals surface area (Å²) >= 11 is 0. The third-order valence-electron chi connectivity index (χ3n) is 6.10. The van der Waals surface area contributed by atoms with Crippen LogP contribution in [0, 0.1) is 0 Å². The van der Waals surface area contributed by atoms with E-state index in [1.165, 1.54) is 0 Å². The topological polar surface area (TPSA) is 269 Å². The largest absolute Gasteiger partial charge is 0.394 e. The Morgan fingerprint density at radius 3 is 1.47 bits per heavy atom. The van der Waals surface area contributed by atoms with E-state index in [0.29, 0.717) is 0 Å². The standard InChI is InChI=1S/C18H32O16/c19-1-4-7(22)10(25)12(27)17(31-4)34-15-11(26)8(23)5(2-20)32-18(15)33-14-9(24)6(3-21)30-16(29)13(14)28/h4-29H,1-3H2/t4-,5-,6-,7-,8-,9-,10+,11+,12-,13-,14+,15-,16+,17+,18+/m1/s1. The predicted molar refractivity (Wildman–Crippen MR) is 101 cm³/mol. The second-order valence-corrected chi connectivity index (χ2v) is 8.33. The third kappa shape index (κ3) is 5.37. The third-order valence-corrected chi connectivity index (χ3v) is 6.10. The van der Waals surface area contributed by atoms with Gasteiger partial charge in [-0.1, -0.05) is 0 Å². The molecule has 3 aliphatic heterocycles. The molecule has 16 heteroatoms. The van der Waals surface area contributed by atoms with E-state index in [1.807, 2.05) is 0 Å². The lowest BCUT2D eigenvalue weighted by Crippen LogP contribution is -2.67. The van der Waals surface area contributed by atoms with Crippen LogP contribution < -0.4 is 0 Å². The molecule has 3 fully saturated rings. The average Bonchev–Trinajstić information content (AvgIpc) is 2.83. The molecule has 0 aromatic rings. The molecule has 11 N–H and O–H groups in total. The quantitative estimate of drug-likeness (QED) is 0.154. The summed E-state index contributed by atoms with van der Waals surface area (Å²) < 4.78 is 26.5. The van der Waals surface area contributed by atoms with Crippen LogP contribution in [0.5, 0.6) is 0 Å². The van der Waals surface area contributed by atoms with Crippen LogP contribution in [0.1, 0.15) is 0 Å². The Labute approximate surface area is 192 Å². The Kier molecular flexibility index (Phi) is 9.54. The molecule has 3 aliphatic rings. The van der Waals surface area contributed by atoms with Gasteiger partial charge in [0, 0.05) is 0 Å². The van der Waals surface area contributed by atoms with Crippen molar-refractivity contribution >= 4 is 0 Å². The zero-order chi connectivity index (χ0) is 25.3. The van der Waals surface area contributed by atoms with Crippen LogP contribution >= 0.6 is 0 Å². The van der Waals surface area contributed by atoms with Crippen LogP contribution in [0.15, 0.2) is 0 Å². The maximum atomic E-state index is 10.6. The molecule has 34 heavy (non-hydrogen) atoms. The molecule has 0 aromatic heterocycles. The first-order valence-corrected chi connectivity index (χ1v) is 10.6. The van der Waals surface area contributed by atoms with Gasteiger partial charge < -0.3 is 79.9 Å². The fraction of sp³-hybridized carbons (Fsp3) is 1.00. The minimum Gasteiger partial charge on any atom is -0.394 e. The number of hydrogen-bond acceptors (Lipinski definition) is 16. The van der Waals surface area contributed by atoms with Crippen molar-refractivity contribution in [3.05, 3.63) is 0 Å². The van der Waals surface area contributed by atoms with E-state index in [1.54, 1.807) is 0 Å². The molecular formula is C18H32O16. The van der Waals surface area contributed by atoms with Crippen molar-refractivity contribution in [2.24, 2.45) is 0 Å². The van der Waals surface area contributed by atoms with Gasteiger partial charge in [-0.25, -0.2) is 0 Å². The zero-order valence-corrected chi connectivity index (χ0v) is 17.7. The molecule has 0 aromatic carbocycles. The van der Waals surface area contributed by atoms with Crippen molar-refractivity contribution in [2.45, 2.75) is 92.1 Å². The molecule has 3 rings (SSSR count). The molecule has 3 heterocycles. The lowest BCUT2D eigenvalue weighted by molar-refractivity contribution is -0.387. The smallest absolute Gasteiger partial charge is 0.187 e. The maximum absolute atomic E-state index is 10.6. The minimum atomic E-state index is -1.89. The Morgan fingerprint density at radius 1 is 0.441 bits per heavy atom. The summed E-state index contributed by atoms with van der Waals surface area (Å²) in [7, 11) is 0. The molecule has 0 radical (unpaired) electrons. The number of ether oxygens (including phenoxy) is 5. The van der Waals surface area contributed by atoms with E-state index >= 15 is 0 Å². The van der Waals surface area contributed by atoms with Gasteiger partial charge in [0.2, 0.25) is 0 Å². The molecule has 16 nitrogen and oxygen atoms in total. The number of hydrogen-bond donors (Lipinski definition) is 11. The second kappa shape index (κ2) is 11.6. The van der Waals surface area contributed by atoms with Crippen molar-refractivity contribution in [3.63, 3.8) is 0 Å². The van der Waals surface area contributed by atoms with E-state index in [0.717, 1.165) is 0 Å². The van der Waals surface area contributed by atoms with Crippen LogP contribution in [0.3, 0.4) is 0 Å². The van der Waals surface area contributed by atoms with Gasteiger partial charge in [-0.15, -0.1) is 0 Å². The van der Waals surface area contributed by atoms with E-state index < -0.39 is 112 Å². The summed E-state index contributed by atoms with van der Waals surface area (Å²) in [6.07, 6.45) is -25.7. The molecule has 0 spiro atoms. The molecule has 3 saturated heterocycles. The first kappa shape index (κ1) is 27.9. The molecular weight excluding hydrogens is 472 g/mol. The van der Waals surface area contributed by atoms with Crippen molar-refractivity contribution in [1.29, 1.82) is 0 Å². The summed E-state index contributed by atoms with van der Waals surface area (Å²) in [6, 6.07) is 0. The highest BCUT2D eigenvalue weighted by Gasteiger charge is 2.53. The number of aliphatic hydroxyl groups excluding tert-OH is 11. The summed E-state index contributed by atoms with van der Waals surface area (Å²) in [4.78, 5) is 0. The maximum Gasteiger partial charge on any atom is 0.187 e. The fourth-order valence-electron chi connectivity index (χ4n) is 4.03. The van der Waals surface area contributed by atoms with Gasteiger partial charge in [-0.05, 0) is 0 Å². The van der Waals surface area contributed by atoms with Gasteiger partial charge in [0.25, 0.3) is 0 Å². The van der Waals surface area contributed by atoms with E-state index in [9.17, 15) is 56.2 Å². The van der Waals surface area contributed by atoms with Crippen LogP contribution in [-0.4, -0.2) is 168 Å². The molecule has 200 valence electrons. The van der Waals surface area contributed by atoms with Gasteiger partial charge in [0.05, 0.1) is 19.8 Å². The SMILES string of the molecule is OC[C@H]1O[C@@H](O[C@H]2[C@H](O[C@@H]3[C@@H](O)[C@@H](O)O[C@H](CO)[C@H]3O)O[C@H](CO)[C@@H](O)[C@@H]2O)[C@H](O)[C@@H](O)[C@@H]1O. The molecule has 15 atom stereocenters. The molecule has 0 saturated carbocycles. The lowest BCUT2D eigenvalue weighted by atomic mass is 9.96. The normalized spacial score (nSPS) is 52.5. The van der Waals surface area contributed by atoms with E-state index in [-0.39, 0.29) is 0 Å². The summed E-state index contributed by atoms with van der Waals surface area (Å²) in [5.41, 5.74) is 0. The van der Waals surface area contributed by atoms with Crippen molar-refractivity contribution in [2.75, 3.05) is 19.8 Å². The summed E-state index contributed by atoms with van der Waals surface area (Å²) in [5, 5.41) is 110. The Hall–Kier alpha value is -0.640. The van der Waals surface area contributed by atoms with Crippen LogP contribution in [0.2, 0.25) is 0 Å². The van der Waals surface area contributed by atoms with Gasteiger partial charge in [-0.3, -0.25) is 0 Å². The Balaban J connectivity index is 1.84. The van der Waals surface area contributed by atoms with Crippen molar-refractivity contribution < 1.29 is 79.9 Å². The van der Waals surface area contributed by atoms with Gasteiger partial charge in [0.1, 0.15) is 73.2 Å². The second-order valence-electron chi connectivity index (χ2n) is 8.33. The Morgan fingerprint density at radius 2 is 0.912 bits per heavy atom. The van der Waals surface area contributed by atoms with Crippen LogP contribution in [-0.2, 0) is 23.7 Å². The Bertz CT molecular complexity index is 639. The van der Waals surface area contributed by atoms with Gasteiger partial charge in [-0.2, -0.15) is 0 Å². The van der Waals surface area contributed by atoms with E-state index in [2.05, 4.69) is 0 Å². The minimum absolute atomic E-state index is 0.762. The highest BCUT2D eigenvalue weighted by molar-refractivity contribution is 4.96.